The number of piperazine rings is 1. The van der Waals surface area contributed by atoms with E-state index in [0.29, 0.717) is 32.3 Å². The zero-order valence-corrected chi connectivity index (χ0v) is 28.6. The number of benzene rings is 1. The number of para-hydroxylation sites is 1. The molecule has 1 spiro atoms. The summed E-state index contributed by atoms with van der Waals surface area (Å²) >= 11 is 7.05. The van der Waals surface area contributed by atoms with Crippen molar-refractivity contribution < 1.29 is 14.3 Å². The maximum atomic E-state index is 12.7. The van der Waals surface area contributed by atoms with E-state index in [4.69, 9.17) is 26.1 Å². The third-order valence-corrected chi connectivity index (χ3v) is 11.7. The lowest BCUT2D eigenvalue weighted by atomic mass is 9.70. The lowest BCUT2D eigenvalue weighted by Gasteiger charge is -2.55. The fraction of sp³-hybridized carbons (Fsp3) is 0.694. The molecule has 0 aromatic heterocycles. The third-order valence-electron chi connectivity index (χ3n) is 11.3. The predicted octanol–water partition coefficient (Wildman–Crippen LogP) is 5.47. The van der Waals surface area contributed by atoms with Crippen LogP contribution in [0.3, 0.4) is 0 Å². The Labute approximate surface area is 279 Å². The molecule has 6 rings (SSSR count). The number of alkyl halides is 1. The van der Waals surface area contributed by atoms with Crippen LogP contribution in [0.1, 0.15) is 82.6 Å². The van der Waals surface area contributed by atoms with E-state index >= 15 is 0 Å². The highest BCUT2D eigenvalue weighted by Gasteiger charge is 2.55. The second-order valence-electron chi connectivity index (χ2n) is 14.2. The van der Waals surface area contributed by atoms with Crippen LogP contribution < -0.4 is 10.1 Å². The van der Waals surface area contributed by atoms with Crippen LogP contribution in [0.2, 0.25) is 0 Å². The topological polar surface area (TPSA) is 93.4 Å². The van der Waals surface area contributed by atoms with Gasteiger partial charge < -0.3 is 24.2 Å². The van der Waals surface area contributed by atoms with Crippen LogP contribution >= 0.6 is 11.6 Å². The number of amides is 1. The van der Waals surface area contributed by atoms with Gasteiger partial charge >= 0.3 is 0 Å². The molecular formula is C36H51ClN6O3. The number of rotatable bonds is 8. The SMILES string of the molecule is C=CC(=O)N1CCN(C2=NC(OCC3CCCN3C)(C(C)CCC)NC3C[C@]4(CCC23)CC(Cl)c2ccccc2O4)CC1CC#N. The molecule has 0 bridgehead atoms. The molecule has 1 aliphatic carbocycles. The average Bonchev–Trinajstić information content (AvgIpc) is 3.47. The molecule has 9 nitrogen and oxygen atoms in total. The molecule has 46 heavy (non-hydrogen) atoms. The standard InChI is InChI=1S/C36H51ClN6O3/c1-5-10-25(3)36(45-24-27-11-9-18-41(27)4)39-31-22-35(21-30(37)28-12-7-8-13-32(28)46-35)16-14-29(31)34(40-36)42-19-20-43(33(44)6-2)26(23-42)15-17-38/h6-8,12-13,25-27,29-31,39H,2,5,9-11,14-16,18-24H2,1,3-4H3/t25?,26?,27?,29?,30?,31?,35-,36?/m0/s1. The number of carbonyl (C=O) groups is 1. The van der Waals surface area contributed by atoms with Crippen molar-refractivity contribution in [3.05, 3.63) is 42.5 Å². The van der Waals surface area contributed by atoms with Gasteiger partial charge in [0.15, 0.2) is 0 Å². The first-order chi connectivity index (χ1) is 22.2. The minimum Gasteiger partial charge on any atom is -0.487 e. The van der Waals surface area contributed by atoms with Crippen molar-refractivity contribution in [2.75, 3.05) is 39.8 Å². The molecule has 3 fully saturated rings. The molecule has 8 atom stereocenters. The highest BCUT2D eigenvalue weighted by Crippen LogP contribution is 2.51. The number of likely N-dealkylation sites (tertiary alicyclic amines) is 1. The summed E-state index contributed by atoms with van der Waals surface area (Å²) in [5.74, 6) is 1.22. The summed E-state index contributed by atoms with van der Waals surface area (Å²) in [4.78, 5) is 24.9. The van der Waals surface area contributed by atoms with Gasteiger partial charge in [0.1, 0.15) is 17.2 Å². The van der Waals surface area contributed by atoms with E-state index in [2.05, 4.69) is 54.7 Å². The molecule has 7 unspecified atom stereocenters. The number of likely N-dealkylation sites (N-methyl/N-ethyl adjacent to an activating group) is 1. The number of nitrogens with zero attached hydrogens (tertiary/aromatic N) is 5. The van der Waals surface area contributed by atoms with Crippen LogP contribution in [0.25, 0.3) is 0 Å². The van der Waals surface area contributed by atoms with Crippen molar-refractivity contribution in [1.82, 2.24) is 20.0 Å². The van der Waals surface area contributed by atoms with Crippen LogP contribution in [0.5, 0.6) is 5.75 Å². The number of hydrogen-bond acceptors (Lipinski definition) is 8. The summed E-state index contributed by atoms with van der Waals surface area (Å²) in [6.45, 7) is 11.6. The Kier molecular flexibility index (Phi) is 10.0. The fourth-order valence-electron chi connectivity index (χ4n) is 8.66. The molecule has 1 amide bonds. The van der Waals surface area contributed by atoms with Crippen molar-refractivity contribution in [2.45, 2.75) is 107 Å². The monoisotopic (exact) mass is 650 g/mol. The van der Waals surface area contributed by atoms with Crippen LogP contribution in [0, 0.1) is 23.2 Å². The van der Waals surface area contributed by atoms with Crippen molar-refractivity contribution in [3.63, 3.8) is 0 Å². The van der Waals surface area contributed by atoms with E-state index in [1.165, 1.54) is 12.5 Å². The molecule has 250 valence electrons. The highest BCUT2D eigenvalue weighted by atomic mass is 35.5. The minimum absolute atomic E-state index is 0.0678. The number of halogens is 1. The Morgan fingerprint density at radius 1 is 1.28 bits per heavy atom. The molecule has 0 radical (unpaired) electrons. The summed E-state index contributed by atoms with van der Waals surface area (Å²) in [6.07, 6.45) is 9.29. The van der Waals surface area contributed by atoms with E-state index in [-0.39, 0.29) is 47.2 Å². The van der Waals surface area contributed by atoms with E-state index < -0.39 is 5.85 Å². The number of nitrogens with one attached hydrogen (secondary N) is 1. The third kappa shape index (κ3) is 6.43. The average molecular weight is 651 g/mol. The lowest BCUT2D eigenvalue weighted by Crippen LogP contribution is -2.69. The fourth-order valence-corrected chi connectivity index (χ4v) is 9.13. The molecule has 5 aliphatic rings. The summed E-state index contributed by atoms with van der Waals surface area (Å²) < 4.78 is 13.9. The number of carbonyl (C=O) groups excluding carboxylic acids is 1. The largest absolute Gasteiger partial charge is 0.487 e. The zero-order valence-electron chi connectivity index (χ0n) is 27.8. The lowest BCUT2D eigenvalue weighted by molar-refractivity contribution is -0.140. The summed E-state index contributed by atoms with van der Waals surface area (Å²) in [5, 5.41) is 13.6. The molecule has 1 aromatic carbocycles. The Balaban J connectivity index is 1.35. The molecule has 1 N–H and O–H groups in total. The van der Waals surface area contributed by atoms with Crippen molar-refractivity contribution in [1.29, 1.82) is 5.26 Å². The van der Waals surface area contributed by atoms with E-state index in [1.54, 1.807) is 4.90 Å². The normalized spacial score (nSPS) is 35.0. The van der Waals surface area contributed by atoms with Gasteiger partial charge in [-0.3, -0.25) is 10.1 Å². The molecule has 4 heterocycles. The Morgan fingerprint density at radius 3 is 2.85 bits per heavy atom. The van der Waals surface area contributed by atoms with Gasteiger partial charge in [0, 0.05) is 62.0 Å². The van der Waals surface area contributed by atoms with Crippen LogP contribution in [-0.4, -0.2) is 95.9 Å². The zero-order chi connectivity index (χ0) is 32.5. The molecule has 4 aliphatic heterocycles. The van der Waals surface area contributed by atoms with Gasteiger partial charge in [-0.15, -0.1) is 11.6 Å². The van der Waals surface area contributed by atoms with Gasteiger partial charge in [-0.1, -0.05) is 45.0 Å². The molecule has 1 saturated carbocycles. The smallest absolute Gasteiger partial charge is 0.246 e. The number of hydrogen-bond donors (Lipinski definition) is 1. The van der Waals surface area contributed by atoms with E-state index in [0.717, 1.165) is 68.6 Å². The Bertz CT molecular complexity index is 1350. The van der Waals surface area contributed by atoms with Gasteiger partial charge in [-0.25, -0.2) is 4.99 Å². The maximum Gasteiger partial charge on any atom is 0.246 e. The minimum atomic E-state index is -0.889. The Morgan fingerprint density at radius 2 is 2.11 bits per heavy atom. The molecule has 2 saturated heterocycles. The molecule has 1 aromatic rings. The number of fused-ring (bicyclic) bond motifs is 2. The maximum absolute atomic E-state index is 12.7. The van der Waals surface area contributed by atoms with E-state index in [9.17, 15) is 10.1 Å². The molecular weight excluding hydrogens is 600 g/mol. The second kappa shape index (κ2) is 13.8. The van der Waals surface area contributed by atoms with Gasteiger partial charge in [0.2, 0.25) is 11.8 Å². The van der Waals surface area contributed by atoms with E-state index in [1.807, 2.05) is 18.2 Å². The number of nitriles is 1. The number of amidine groups is 1. The van der Waals surface area contributed by atoms with Crippen molar-refractivity contribution in [3.8, 4) is 11.8 Å². The Hall–Kier alpha value is -2.64. The first-order valence-electron chi connectivity index (χ1n) is 17.4. The van der Waals surface area contributed by atoms with Crippen molar-refractivity contribution >= 4 is 23.3 Å². The number of ether oxygens (including phenoxy) is 2. The van der Waals surface area contributed by atoms with Crippen LogP contribution in [-0.2, 0) is 9.53 Å². The molecule has 10 heteroatoms. The van der Waals surface area contributed by atoms with Gasteiger partial charge in [0.25, 0.3) is 0 Å². The van der Waals surface area contributed by atoms with Crippen LogP contribution in [0.15, 0.2) is 41.9 Å². The number of aliphatic imine (C=N–C) groups is 1. The first-order valence-corrected chi connectivity index (χ1v) is 17.8. The van der Waals surface area contributed by atoms with Gasteiger partial charge in [0.05, 0.1) is 30.5 Å². The first kappa shape index (κ1) is 33.3. The van der Waals surface area contributed by atoms with Crippen molar-refractivity contribution in [2.24, 2.45) is 16.8 Å². The van der Waals surface area contributed by atoms with Gasteiger partial charge in [-0.05, 0) is 57.8 Å². The van der Waals surface area contributed by atoms with Crippen LogP contribution in [0.4, 0.5) is 0 Å². The predicted molar refractivity (Wildman–Crippen MR) is 181 cm³/mol. The summed E-state index contributed by atoms with van der Waals surface area (Å²) in [7, 11) is 2.19. The second-order valence-corrected chi connectivity index (χ2v) is 14.8. The van der Waals surface area contributed by atoms with Gasteiger partial charge in [-0.2, -0.15) is 5.26 Å². The highest BCUT2D eigenvalue weighted by molar-refractivity contribution is 6.21. The summed E-state index contributed by atoms with van der Waals surface area (Å²) in [5.41, 5.74) is 0.697. The summed E-state index contributed by atoms with van der Waals surface area (Å²) in [6, 6.07) is 10.7. The quantitative estimate of drug-likeness (QED) is 0.295.